The highest BCUT2D eigenvalue weighted by atomic mass is 15.3. The molecule has 0 saturated heterocycles. The fourth-order valence-corrected chi connectivity index (χ4v) is 1.99. The fourth-order valence-electron chi connectivity index (χ4n) is 1.99. The summed E-state index contributed by atoms with van der Waals surface area (Å²) in [6, 6.07) is 4.22. The lowest BCUT2D eigenvalue weighted by molar-refractivity contribution is 0.756. The van der Waals surface area contributed by atoms with Crippen molar-refractivity contribution in [3.8, 4) is 0 Å². The van der Waals surface area contributed by atoms with Gasteiger partial charge in [0.2, 0.25) is 0 Å². The van der Waals surface area contributed by atoms with Gasteiger partial charge in [0.05, 0.1) is 23.1 Å². The lowest BCUT2D eigenvalue weighted by atomic mass is 10.1. The minimum atomic E-state index is 0.228. The van der Waals surface area contributed by atoms with Crippen LogP contribution >= 0.6 is 0 Å². The zero-order chi connectivity index (χ0) is 12.4. The van der Waals surface area contributed by atoms with Crippen molar-refractivity contribution in [3.63, 3.8) is 0 Å². The molecule has 0 bridgehead atoms. The Kier molecular flexibility index (Phi) is 3.13. The zero-order valence-corrected chi connectivity index (χ0v) is 10.7. The molecular weight excluding hydrogens is 212 g/mol. The average Bonchev–Trinajstić information content (AvgIpc) is 2.61. The van der Waals surface area contributed by atoms with Gasteiger partial charge in [-0.25, -0.2) is 0 Å². The van der Waals surface area contributed by atoms with Crippen LogP contribution in [0.4, 0.5) is 5.69 Å². The number of anilines is 1. The number of aromatic nitrogens is 3. The van der Waals surface area contributed by atoms with Crippen molar-refractivity contribution in [3.05, 3.63) is 41.5 Å². The van der Waals surface area contributed by atoms with E-state index in [-0.39, 0.29) is 6.04 Å². The average molecular weight is 230 g/mol. The minimum Gasteiger partial charge on any atom is -0.377 e. The predicted molar refractivity (Wildman–Crippen MR) is 69.0 cm³/mol. The maximum Gasteiger partial charge on any atom is 0.0646 e. The van der Waals surface area contributed by atoms with E-state index in [9.17, 15) is 0 Å². The van der Waals surface area contributed by atoms with E-state index < -0.39 is 0 Å². The number of nitrogens with zero attached hydrogens (tertiary/aromatic N) is 3. The predicted octanol–water partition coefficient (Wildman–Crippen LogP) is 2.61. The molecular formula is C13H18N4. The van der Waals surface area contributed by atoms with Crippen LogP contribution in [-0.2, 0) is 7.05 Å². The Morgan fingerprint density at radius 2 is 2.06 bits per heavy atom. The minimum absolute atomic E-state index is 0.228. The van der Waals surface area contributed by atoms with Crippen molar-refractivity contribution >= 4 is 5.69 Å². The van der Waals surface area contributed by atoms with Gasteiger partial charge in [0.25, 0.3) is 0 Å². The second-order valence-corrected chi connectivity index (χ2v) is 4.35. The van der Waals surface area contributed by atoms with E-state index in [2.05, 4.69) is 28.5 Å². The van der Waals surface area contributed by atoms with Crippen molar-refractivity contribution in [2.45, 2.75) is 26.8 Å². The van der Waals surface area contributed by atoms with Gasteiger partial charge in [-0.15, -0.1) is 0 Å². The SMILES string of the molecule is Cc1ncccc1NC(C)c1cn(C)nc1C. The fraction of sp³-hybridized carbons (Fsp3) is 0.385. The molecule has 4 heteroatoms. The summed E-state index contributed by atoms with van der Waals surface area (Å²) in [7, 11) is 1.94. The van der Waals surface area contributed by atoms with Gasteiger partial charge in [0.1, 0.15) is 0 Å². The Labute approximate surface area is 102 Å². The molecule has 1 atom stereocenters. The summed E-state index contributed by atoms with van der Waals surface area (Å²) in [6.45, 7) is 6.17. The first-order valence-corrected chi connectivity index (χ1v) is 5.76. The van der Waals surface area contributed by atoms with Crippen LogP contribution in [0.15, 0.2) is 24.5 Å². The molecule has 17 heavy (non-hydrogen) atoms. The Balaban J connectivity index is 2.20. The van der Waals surface area contributed by atoms with Crippen LogP contribution in [0.2, 0.25) is 0 Å². The van der Waals surface area contributed by atoms with Crippen molar-refractivity contribution in [2.75, 3.05) is 5.32 Å². The van der Waals surface area contributed by atoms with Crippen LogP contribution in [0.1, 0.15) is 29.9 Å². The Bertz CT molecular complexity index is 516. The molecule has 0 radical (unpaired) electrons. The topological polar surface area (TPSA) is 42.7 Å². The molecule has 2 rings (SSSR count). The maximum atomic E-state index is 4.36. The van der Waals surface area contributed by atoms with Gasteiger partial charge in [-0.2, -0.15) is 5.10 Å². The van der Waals surface area contributed by atoms with Gasteiger partial charge in [0.15, 0.2) is 0 Å². The molecule has 2 heterocycles. The molecule has 4 nitrogen and oxygen atoms in total. The number of pyridine rings is 1. The van der Waals surface area contributed by atoms with Crippen LogP contribution in [0.25, 0.3) is 0 Å². The first-order valence-electron chi connectivity index (χ1n) is 5.76. The number of aryl methyl sites for hydroxylation is 3. The summed E-state index contributed by atoms with van der Waals surface area (Å²) >= 11 is 0. The van der Waals surface area contributed by atoms with Crippen LogP contribution in [0.5, 0.6) is 0 Å². The first kappa shape index (κ1) is 11.6. The smallest absolute Gasteiger partial charge is 0.0646 e. The molecule has 0 aliphatic rings. The van der Waals surface area contributed by atoms with E-state index in [0.29, 0.717) is 0 Å². The van der Waals surface area contributed by atoms with Gasteiger partial charge < -0.3 is 5.32 Å². The Morgan fingerprint density at radius 3 is 2.65 bits per heavy atom. The summed E-state index contributed by atoms with van der Waals surface area (Å²) in [5, 5.41) is 7.82. The second kappa shape index (κ2) is 4.57. The second-order valence-electron chi connectivity index (χ2n) is 4.35. The summed E-state index contributed by atoms with van der Waals surface area (Å²) in [5.74, 6) is 0. The van der Waals surface area contributed by atoms with Crippen LogP contribution in [-0.4, -0.2) is 14.8 Å². The molecule has 2 aromatic rings. The quantitative estimate of drug-likeness (QED) is 0.881. The standard InChI is InChI=1S/C13H18N4/c1-9(12-8-17(4)16-10(12)2)15-13-6-5-7-14-11(13)3/h5-9,15H,1-4H3. The summed E-state index contributed by atoms with van der Waals surface area (Å²) in [4.78, 5) is 4.27. The third kappa shape index (κ3) is 2.46. The van der Waals surface area contributed by atoms with Crippen molar-refractivity contribution in [1.29, 1.82) is 0 Å². The highest BCUT2D eigenvalue weighted by molar-refractivity contribution is 5.48. The molecule has 1 N–H and O–H groups in total. The Hall–Kier alpha value is -1.84. The van der Waals surface area contributed by atoms with Gasteiger partial charge in [-0.3, -0.25) is 9.67 Å². The summed E-state index contributed by atoms with van der Waals surface area (Å²) < 4.78 is 1.85. The summed E-state index contributed by atoms with van der Waals surface area (Å²) in [5.41, 5.74) is 4.37. The summed E-state index contributed by atoms with van der Waals surface area (Å²) in [6.07, 6.45) is 3.86. The molecule has 1 unspecified atom stereocenters. The van der Waals surface area contributed by atoms with Crippen LogP contribution in [0.3, 0.4) is 0 Å². The molecule has 0 saturated carbocycles. The highest BCUT2D eigenvalue weighted by Gasteiger charge is 2.12. The van der Waals surface area contributed by atoms with Crippen molar-refractivity contribution in [1.82, 2.24) is 14.8 Å². The van der Waals surface area contributed by atoms with Crippen molar-refractivity contribution in [2.24, 2.45) is 7.05 Å². The normalized spacial score (nSPS) is 12.5. The molecule has 0 amide bonds. The lowest BCUT2D eigenvalue weighted by Crippen LogP contribution is -2.08. The Morgan fingerprint density at radius 1 is 1.29 bits per heavy atom. The number of hydrogen-bond acceptors (Lipinski definition) is 3. The molecule has 0 aromatic carbocycles. The third-order valence-corrected chi connectivity index (χ3v) is 2.90. The number of hydrogen-bond donors (Lipinski definition) is 1. The van der Waals surface area contributed by atoms with Gasteiger partial charge in [-0.1, -0.05) is 0 Å². The van der Waals surface area contributed by atoms with Gasteiger partial charge in [0, 0.05) is 25.0 Å². The van der Waals surface area contributed by atoms with E-state index in [1.54, 1.807) is 6.20 Å². The third-order valence-electron chi connectivity index (χ3n) is 2.90. The molecule has 0 aliphatic carbocycles. The largest absolute Gasteiger partial charge is 0.377 e. The van der Waals surface area contributed by atoms with E-state index in [0.717, 1.165) is 17.1 Å². The van der Waals surface area contributed by atoms with Crippen LogP contribution < -0.4 is 5.32 Å². The van der Waals surface area contributed by atoms with E-state index in [4.69, 9.17) is 0 Å². The molecule has 0 fully saturated rings. The first-order chi connectivity index (χ1) is 8.08. The van der Waals surface area contributed by atoms with Crippen LogP contribution in [0, 0.1) is 13.8 Å². The van der Waals surface area contributed by atoms with Gasteiger partial charge in [-0.05, 0) is 32.9 Å². The van der Waals surface area contributed by atoms with E-state index in [1.165, 1.54) is 5.56 Å². The van der Waals surface area contributed by atoms with Crippen molar-refractivity contribution < 1.29 is 0 Å². The monoisotopic (exact) mass is 230 g/mol. The molecule has 2 aromatic heterocycles. The molecule has 0 spiro atoms. The highest BCUT2D eigenvalue weighted by Crippen LogP contribution is 2.22. The van der Waals surface area contributed by atoms with Gasteiger partial charge >= 0.3 is 0 Å². The van der Waals surface area contributed by atoms with E-state index in [1.807, 2.05) is 37.7 Å². The molecule has 0 aliphatic heterocycles. The number of nitrogens with one attached hydrogen (secondary N) is 1. The zero-order valence-electron chi connectivity index (χ0n) is 10.7. The van der Waals surface area contributed by atoms with E-state index >= 15 is 0 Å². The lowest BCUT2D eigenvalue weighted by Gasteiger charge is -2.15. The molecule has 90 valence electrons. The number of rotatable bonds is 3. The maximum absolute atomic E-state index is 4.36.